The van der Waals surface area contributed by atoms with Crippen LogP contribution < -0.4 is 0 Å². The quantitative estimate of drug-likeness (QED) is 0.666. The van der Waals surface area contributed by atoms with Gasteiger partial charge >= 0.3 is 0 Å². The summed E-state index contributed by atoms with van der Waals surface area (Å²) in [6.07, 6.45) is 3.36. The number of hydrogen-bond donors (Lipinski definition) is 0. The number of thiophene rings is 1. The first-order valence-electron chi connectivity index (χ1n) is 8.58. The van der Waals surface area contributed by atoms with Crippen LogP contribution in [0.25, 0.3) is 16.3 Å². The van der Waals surface area contributed by atoms with Gasteiger partial charge in [-0.3, -0.25) is 4.90 Å². The molecule has 0 aliphatic carbocycles. The van der Waals surface area contributed by atoms with Gasteiger partial charge < -0.3 is 4.42 Å². The molecular formula is C20H21N3OS. The minimum atomic E-state index is 0.122. The molecule has 0 fully saturated rings. The topological polar surface area (TPSA) is 42.2 Å². The van der Waals surface area contributed by atoms with Crippen molar-refractivity contribution < 1.29 is 4.42 Å². The van der Waals surface area contributed by atoms with Gasteiger partial charge in [0.15, 0.2) is 0 Å². The Morgan fingerprint density at radius 1 is 1.16 bits per heavy atom. The molecule has 4 rings (SSSR count). The molecule has 4 nitrogen and oxygen atoms in total. The van der Waals surface area contributed by atoms with E-state index in [4.69, 9.17) is 4.42 Å². The molecule has 1 aromatic carbocycles. The number of aromatic nitrogens is 2. The molecular weight excluding hydrogens is 330 g/mol. The van der Waals surface area contributed by atoms with Crippen LogP contribution in [0.5, 0.6) is 0 Å². The van der Waals surface area contributed by atoms with Crippen molar-refractivity contribution in [1.82, 2.24) is 15.1 Å². The van der Waals surface area contributed by atoms with E-state index in [0.717, 1.165) is 24.4 Å². The van der Waals surface area contributed by atoms with Gasteiger partial charge in [-0.05, 0) is 42.9 Å². The average molecular weight is 351 g/mol. The Morgan fingerprint density at radius 2 is 2.00 bits per heavy atom. The molecule has 128 valence electrons. The van der Waals surface area contributed by atoms with E-state index in [9.17, 15) is 0 Å². The monoisotopic (exact) mass is 351 g/mol. The standard InChI is InChI=1S/C20H21N3OS/c1-14-5-7-16(8-6-14)17-9-11-23(12-10-17)15(2)19-21-22-20(24-19)18-4-3-13-25-18/h3-9,13,15H,10-12H2,1-2H3. The van der Waals surface area contributed by atoms with E-state index < -0.39 is 0 Å². The molecule has 0 spiro atoms. The van der Waals surface area contributed by atoms with E-state index in [1.54, 1.807) is 11.3 Å². The largest absolute Gasteiger partial charge is 0.418 e. The normalized spacial score (nSPS) is 16.6. The van der Waals surface area contributed by atoms with Crippen molar-refractivity contribution in [2.45, 2.75) is 26.3 Å². The molecule has 0 radical (unpaired) electrons. The predicted molar refractivity (Wildman–Crippen MR) is 101 cm³/mol. The SMILES string of the molecule is Cc1ccc(C2=CCN(C(C)c3nnc(-c4cccs4)o3)CC2)cc1. The molecule has 1 aliphatic heterocycles. The maximum Gasteiger partial charge on any atom is 0.257 e. The Bertz CT molecular complexity index is 865. The maximum absolute atomic E-state index is 5.89. The lowest BCUT2D eigenvalue weighted by atomic mass is 9.98. The number of benzene rings is 1. The van der Waals surface area contributed by atoms with Crippen molar-refractivity contribution in [2.24, 2.45) is 0 Å². The first-order chi connectivity index (χ1) is 12.2. The Hall–Kier alpha value is -2.24. The minimum absolute atomic E-state index is 0.122. The molecule has 0 amide bonds. The summed E-state index contributed by atoms with van der Waals surface area (Å²) in [6, 6.07) is 12.9. The molecule has 1 aliphatic rings. The second kappa shape index (κ2) is 6.94. The smallest absolute Gasteiger partial charge is 0.257 e. The molecule has 25 heavy (non-hydrogen) atoms. The van der Waals surface area contributed by atoms with Gasteiger partial charge in [-0.15, -0.1) is 21.5 Å². The minimum Gasteiger partial charge on any atom is -0.418 e. The Balaban J connectivity index is 1.46. The summed E-state index contributed by atoms with van der Waals surface area (Å²) in [4.78, 5) is 3.40. The summed E-state index contributed by atoms with van der Waals surface area (Å²) in [7, 11) is 0. The zero-order valence-electron chi connectivity index (χ0n) is 14.5. The van der Waals surface area contributed by atoms with Crippen LogP contribution >= 0.6 is 11.3 Å². The Labute approximate surface area is 151 Å². The summed E-state index contributed by atoms with van der Waals surface area (Å²) in [5, 5.41) is 10.5. The van der Waals surface area contributed by atoms with Crippen LogP contribution in [0.15, 0.2) is 52.3 Å². The van der Waals surface area contributed by atoms with Crippen molar-refractivity contribution in [1.29, 1.82) is 0 Å². The molecule has 3 heterocycles. The zero-order valence-corrected chi connectivity index (χ0v) is 15.3. The maximum atomic E-state index is 5.89. The molecule has 0 saturated carbocycles. The van der Waals surface area contributed by atoms with E-state index in [2.05, 4.69) is 59.3 Å². The first kappa shape index (κ1) is 16.2. The van der Waals surface area contributed by atoms with E-state index in [-0.39, 0.29) is 6.04 Å². The van der Waals surface area contributed by atoms with Gasteiger partial charge in [0.2, 0.25) is 5.89 Å². The fourth-order valence-electron chi connectivity index (χ4n) is 3.13. The van der Waals surface area contributed by atoms with Crippen LogP contribution in [-0.2, 0) is 0 Å². The van der Waals surface area contributed by atoms with Crippen molar-refractivity contribution in [3.05, 3.63) is 64.9 Å². The van der Waals surface area contributed by atoms with Crippen molar-refractivity contribution in [3.63, 3.8) is 0 Å². The van der Waals surface area contributed by atoms with E-state index in [0.29, 0.717) is 11.8 Å². The van der Waals surface area contributed by atoms with Gasteiger partial charge in [0.05, 0.1) is 10.9 Å². The average Bonchev–Trinajstić information content (AvgIpc) is 3.33. The molecule has 5 heteroatoms. The first-order valence-corrected chi connectivity index (χ1v) is 9.46. The van der Waals surface area contributed by atoms with E-state index in [1.165, 1.54) is 16.7 Å². The van der Waals surface area contributed by atoms with Crippen LogP contribution in [0.2, 0.25) is 0 Å². The third kappa shape index (κ3) is 3.43. The molecule has 1 atom stereocenters. The molecule has 2 aromatic heterocycles. The highest BCUT2D eigenvalue weighted by molar-refractivity contribution is 7.13. The lowest BCUT2D eigenvalue weighted by Gasteiger charge is -2.30. The Kier molecular flexibility index (Phi) is 4.51. The molecule has 0 saturated heterocycles. The van der Waals surface area contributed by atoms with Gasteiger partial charge in [-0.2, -0.15) is 0 Å². The number of aryl methyl sites for hydroxylation is 1. The van der Waals surface area contributed by atoms with Crippen molar-refractivity contribution >= 4 is 16.9 Å². The summed E-state index contributed by atoms with van der Waals surface area (Å²) in [5.41, 5.74) is 4.05. The molecule has 0 N–H and O–H groups in total. The van der Waals surface area contributed by atoms with Crippen LogP contribution in [0, 0.1) is 6.92 Å². The third-order valence-electron chi connectivity index (χ3n) is 4.74. The van der Waals surface area contributed by atoms with Gasteiger partial charge in [-0.25, -0.2) is 0 Å². The van der Waals surface area contributed by atoms with Crippen LogP contribution in [0.4, 0.5) is 0 Å². The molecule has 1 unspecified atom stereocenters. The second-order valence-electron chi connectivity index (χ2n) is 6.44. The van der Waals surface area contributed by atoms with Gasteiger partial charge in [0, 0.05) is 13.1 Å². The lowest BCUT2D eigenvalue weighted by Crippen LogP contribution is -2.31. The third-order valence-corrected chi connectivity index (χ3v) is 5.60. The Morgan fingerprint density at radius 3 is 2.68 bits per heavy atom. The second-order valence-corrected chi connectivity index (χ2v) is 7.39. The number of nitrogens with zero attached hydrogens (tertiary/aromatic N) is 3. The summed E-state index contributed by atoms with van der Waals surface area (Å²) >= 11 is 1.62. The fraction of sp³-hybridized carbons (Fsp3) is 0.300. The molecule has 3 aromatic rings. The highest BCUT2D eigenvalue weighted by atomic mass is 32.1. The van der Waals surface area contributed by atoms with Crippen LogP contribution in [0.1, 0.15) is 36.4 Å². The molecule has 0 bridgehead atoms. The number of rotatable bonds is 4. The van der Waals surface area contributed by atoms with Crippen LogP contribution in [-0.4, -0.2) is 28.2 Å². The van der Waals surface area contributed by atoms with Gasteiger partial charge in [0.1, 0.15) is 0 Å². The van der Waals surface area contributed by atoms with Gasteiger partial charge in [-0.1, -0.05) is 42.0 Å². The summed E-state index contributed by atoms with van der Waals surface area (Å²) in [6.45, 7) is 6.16. The van der Waals surface area contributed by atoms with E-state index >= 15 is 0 Å². The fourth-order valence-corrected chi connectivity index (χ4v) is 3.77. The zero-order chi connectivity index (χ0) is 17.2. The predicted octanol–water partition coefficient (Wildman–Crippen LogP) is 4.96. The van der Waals surface area contributed by atoms with Crippen molar-refractivity contribution in [2.75, 3.05) is 13.1 Å². The summed E-state index contributed by atoms with van der Waals surface area (Å²) in [5.74, 6) is 1.31. The van der Waals surface area contributed by atoms with Crippen LogP contribution in [0.3, 0.4) is 0 Å². The lowest BCUT2D eigenvalue weighted by molar-refractivity contribution is 0.202. The number of hydrogen-bond acceptors (Lipinski definition) is 5. The highest BCUT2D eigenvalue weighted by Gasteiger charge is 2.24. The van der Waals surface area contributed by atoms with Crippen molar-refractivity contribution in [3.8, 4) is 10.8 Å². The summed E-state index contributed by atoms with van der Waals surface area (Å²) < 4.78 is 5.89. The van der Waals surface area contributed by atoms with E-state index in [1.807, 2.05) is 17.5 Å². The van der Waals surface area contributed by atoms with Gasteiger partial charge in [0.25, 0.3) is 5.89 Å². The highest BCUT2D eigenvalue weighted by Crippen LogP contribution is 2.30.